The molecule has 0 aromatic carbocycles. The molecule has 12 heavy (non-hydrogen) atoms. The second-order valence-electron chi connectivity index (χ2n) is 2.88. The average Bonchev–Trinajstić information content (AvgIpc) is 2.10. The molecule has 0 spiro atoms. The summed E-state index contributed by atoms with van der Waals surface area (Å²) in [5.41, 5.74) is 0. The van der Waals surface area contributed by atoms with Crippen LogP contribution >= 0.6 is 0 Å². The zero-order valence-electron chi connectivity index (χ0n) is 8.00. The molecule has 0 aliphatic carbocycles. The lowest BCUT2D eigenvalue weighted by molar-refractivity contribution is 0.282. The van der Waals surface area contributed by atoms with Crippen LogP contribution in [-0.4, -0.2) is 11.7 Å². The molecule has 70 valence electrons. The molecule has 1 nitrogen and oxygen atoms in total. The summed E-state index contributed by atoms with van der Waals surface area (Å²) in [6.45, 7) is 2.36. The van der Waals surface area contributed by atoms with Gasteiger partial charge in [0.25, 0.3) is 0 Å². The first-order valence-corrected chi connectivity index (χ1v) is 4.80. The Labute approximate surface area is 75.8 Å². The van der Waals surface area contributed by atoms with Crippen molar-refractivity contribution in [3.05, 3.63) is 24.3 Å². The lowest BCUT2D eigenvalue weighted by Crippen LogP contribution is -1.82. The highest BCUT2D eigenvalue weighted by molar-refractivity contribution is 5.00. The molecule has 0 radical (unpaired) electrons. The van der Waals surface area contributed by atoms with Gasteiger partial charge in [0.15, 0.2) is 0 Å². The summed E-state index contributed by atoms with van der Waals surface area (Å²) in [5.74, 6) is 0. The molecule has 0 heterocycles. The molecule has 0 aromatic rings. The Hall–Kier alpha value is -0.560. The lowest BCUT2D eigenvalue weighted by Gasteiger charge is -1.94. The maximum Gasteiger partial charge on any atom is 0.0431 e. The van der Waals surface area contributed by atoms with Crippen molar-refractivity contribution in [3.63, 3.8) is 0 Å². The fraction of sp³-hybridized carbons (Fsp3) is 0.636. The van der Waals surface area contributed by atoms with E-state index in [0.717, 1.165) is 19.3 Å². The Morgan fingerprint density at radius 1 is 1.00 bits per heavy atom. The molecule has 0 fully saturated rings. The number of unbranched alkanes of at least 4 members (excludes halogenated alkanes) is 4. The smallest absolute Gasteiger partial charge is 0.0431 e. The normalized spacial score (nSPS) is 11.8. The van der Waals surface area contributed by atoms with Crippen LogP contribution in [-0.2, 0) is 0 Å². The standard InChI is InChI=1S/C11H20O/c1-2-3-4-5-6-7-8-9-10-11-12/h2-5,12H,6-11H2,1H3. The van der Waals surface area contributed by atoms with Crippen LogP contribution in [0.15, 0.2) is 24.3 Å². The highest BCUT2D eigenvalue weighted by atomic mass is 16.2. The molecule has 0 amide bonds. The first kappa shape index (κ1) is 11.4. The Morgan fingerprint density at radius 3 is 2.42 bits per heavy atom. The third-order valence-electron chi connectivity index (χ3n) is 1.72. The van der Waals surface area contributed by atoms with Gasteiger partial charge in [-0.15, -0.1) is 0 Å². The van der Waals surface area contributed by atoms with Gasteiger partial charge in [-0.3, -0.25) is 0 Å². The number of aliphatic hydroxyl groups excluding tert-OH is 1. The molecule has 0 rings (SSSR count). The summed E-state index contributed by atoms with van der Waals surface area (Å²) >= 11 is 0. The predicted molar refractivity (Wildman–Crippen MR) is 54.1 cm³/mol. The summed E-state index contributed by atoms with van der Waals surface area (Å²) in [6, 6.07) is 0. The molecule has 0 bridgehead atoms. The highest BCUT2D eigenvalue weighted by Crippen LogP contribution is 2.02. The second kappa shape index (κ2) is 10.4. The summed E-state index contributed by atoms with van der Waals surface area (Å²) in [5, 5.41) is 8.52. The molecule has 1 heteroatoms. The van der Waals surface area contributed by atoms with Crippen molar-refractivity contribution in [3.8, 4) is 0 Å². The molecule has 0 unspecified atom stereocenters. The van der Waals surface area contributed by atoms with Crippen LogP contribution in [0.3, 0.4) is 0 Å². The minimum Gasteiger partial charge on any atom is -0.396 e. The number of hydrogen-bond donors (Lipinski definition) is 1. The van der Waals surface area contributed by atoms with E-state index < -0.39 is 0 Å². The van der Waals surface area contributed by atoms with Crippen molar-refractivity contribution in [1.29, 1.82) is 0 Å². The zero-order chi connectivity index (χ0) is 9.07. The monoisotopic (exact) mass is 168 g/mol. The van der Waals surface area contributed by atoms with Gasteiger partial charge in [0.1, 0.15) is 0 Å². The van der Waals surface area contributed by atoms with Crippen LogP contribution in [0.25, 0.3) is 0 Å². The zero-order valence-corrected chi connectivity index (χ0v) is 8.00. The van der Waals surface area contributed by atoms with Crippen molar-refractivity contribution in [2.45, 2.75) is 39.0 Å². The number of rotatable bonds is 7. The Bertz CT molecular complexity index is 125. The van der Waals surface area contributed by atoms with Gasteiger partial charge in [-0.25, -0.2) is 0 Å². The number of aliphatic hydroxyl groups is 1. The minimum absolute atomic E-state index is 0.342. The minimum atomic E-state index is 0.342. The molecule has 1 N–H and O–H groups in total. The van der Waals surface area contributed by atoms with Crippen LogP contribution < -0.4 is 0 Å². The van der Waals surface area contributed by atoms with Gasteiger partial charge in [0.05, 0.1) is 0 Å². The van der Waals surface area contributed by atoms with E-state index in [-0.39, 0.29) is 0 Å². The molecule has 0 saturated carbocycles. The van der Waals surface area contributed by atoms with Gasteiger partial charge < -0.3 is 5.11 Å². The topological polar surface area (TPSA) is 20.2 Å². The highest BCUT2D eigenvalue weighted by Gasteiger charge is 1.85. The van der Waals surface area contributed by atoms with Crippen molar-refractivity contribution >= 4 is 0 Å². The van der Waals surface area contributed by atoms with E-state index in [2.05, 4.69) is 12.2 Å². The summed E-state index contributed by atoms with van der Waals surface area (Å²) in [4.78, 5) is 0. The van der Waals surface area contributed by atoms with E-state index in [1.54, 1.807) is 0 Å². The van der Waals surface area contributed by atoms with Crippen molar-refractivity contribution < 1.29 is 5.11 Å². The van der Waals surface area contributed by atoms with E-state index in [1.165, 1.54) is 12.8 Å². The third kappa shape index (κ3) is 9.44. The SMILES string of the molecule is CC=CC=CCCCCCCO. The van der Waals surface area contributed by atoms with E-state index in [1.807, 2.05) is 19.1 Å². The first-order chi connectivity index (χ1) is 5.91. The fourth-order valence-corrected chi connectivity index (χ4v) is 1.01. The van der Waals surface area contributed by atoms with Crippen molar-refractivity contribution in [2.24, 2.45) is 0 Å². The number of hydrogen-bond acceptors (Lipinski definition) is 1. The first-order valence-electron chi connectivity index (χ1n) is 4.80. The van der Waals surface area contributed by atoms with Crippen LogP contribution in [0.1, 0.15) is 39.0 Å². The van der Waals surface area contributed by atoms with E-state index in [0.29, 0.717) is 6.61 Å². The van der Waals surface area contributed by atoms with Crippen LogP contribution in [0.4, 0.5) is 0 Å². The van der Waals surface area contributed by atoms with Crippen molar-refractivity contribution in [2.75, 3.05) is 6.61 Å². The number of allylic oxidation sites excluding steroid dienone is 4. The van der Waals surface area contributed by atoms with E-state index in [9.17, 15) is 0 Å². The van der Waals surface area contributed by atoms with Gasteiger partial charge >= 0.3 is 0 Å². The summed E-state index contributed by atoms with van der Waals surface area (Å²) in [6.07, 6.45) is 14.1. The average molecular weight is 168 g/mol. The Morgan fingerprint density at radius 2 is 1.75 bits per heavy atom. The van der Waals surface area contributed by atoms with Gasteiger partial charge in [-0.1, -0.05) is 37.1 Å². The van der Waals surface area contributed by atoms with Gasteiger partial charge in [0, 0.05) is 6.61 Å². The van der Waals surface area contributed by atoms with Gasteiger partial charge in [-0.05, 0) is 26.2 Å². The predicted octanol–water partition coefficient (Wildman–Crippen LogP) is 3.06. The quantitative estimate of drug-likeness (QED) is 0.457. The van der Waals surface area contributed by atoms with Crippen LogP contribution in [0, 0.1) is 0 Å². The molecule has 0 aromatic heterocycles. The van der Waals surface area contributed by atoms with Crippen LogP contribution in [0.2, 0.25) is 0 Å². The summed E-state index contributed by atoms with van der Waals surface area (Å²) < 4.78 is 0. The maximum atomic E-state index is 8.52. The Balaban J connectivity index is 3.00. The summed E-state index contributed by atoms with van der Waals surface area (Å²) in [7, 11) is 0. The van der Waals surface area contributed by atoms with E-state index in [4.69, 9.17) is 5.11 Å². The molecular formula is C11H20O. The maximum absolute atomic E-state index is 8.52. The second-order valence-corrected chi connectivity index (χ2v) is 2.88. The largest absolute Gasteiger partial charge is 0.396 e. The molecule has 0 aliphatic heterocycles. The van der Waals surface area contributed by atoms with Gasteiger partial charge in [0.2, 0.25) is 0 Å². The molecular weight excluding hydrogens is 148 g/mol. The third-order valence-corrected chi connectivity index (χ3v) is 1.72. The fourth-order valence-electron chi connectivity index (χ4n) is 1.01. The van der Waals surface area contributed by atoms with E-state index >= 15 is 0 Å². The van der Waals surface area contributed by atoms with Crippen LogP contribution in [0.5, 0.6) is 0 Å². The van der Waals surface area contributed by atoms with Crippen molar-refractivity contribution in [1.82, 2.24) is 0 Å². The lowest BCUT2D eigenvalue weighted by atomic mass is 10.1. The molecule has 0 saturated heterocycles. The molecule has 0 aliphatic rings. The van der Waals surface area contributed by atoms with Gasteiger partial charge in [-0.2, -0.15) is 0 Å². The molecule has 0 atom stereocenters. The Kier molecular flexibility index (Phi) is 9.95.